The van der Waals surface area contributed by atoms with Crippen LogP contribution in [0.2, 0.25) is 0 Å². The molecule has 0 amide bonds. The number of nitrogens with zero attached hydrogens (tertiary/aromatic N) is 3. The second kappa shape index (κ2) is 8.50. The predicted octanol–water partition coefficient (Wildman–Crippen LogP) is 1.17. The Hall–Kier alpha value is -0.850. The number of morpholine rings is 1. The van der Waals surface area contributed by atoms with E-state index in [1.54, 1.807) is 0 Å². The zero-order valence-corrected chi connectivity index (χ0v) is 15.5. The van der Waals surface area contributed by atoms with Crippen molar-refractivity contribution in [3.63, 3.8) is 0 Å². The fourth-order valence-electron chi connectivity index (χ4n) is 3.81. The molecule has 138 valence electrons. The van der Waals surface area contributed by atoms with Crippen molar-refractivity contribution in [2.75, 3.05) is 53.5 Å². The number of guanidine groups is 1. The van der Waals surface area contributed by atoms with Crippen molar-refractivity contribution in [2.45, 2.75) is 50.9 Å². The molecule has 2 aliphatic heterocycles. The summed E-state index contributed by atoms with van der Waals surface area (Å²) >= 11 is 0. The van der Waals surface area contributed by atoms with Gasteiger partial charge >= 0.3 is 0 Å². The lowest BCUT2D eigenvalue weighted by Gasteiger charge is -2.37. The van der Waals surface area contributed by atoms with E-state index < -0.39 is 0 Å². The molecule has 6 heteroatoms. The van der Waals surface area contributed by atoms with Crippen molar-refractivity contribution < 1.29 is 9.47 Å². The Morgan fingerprint density at radius 3 is 2.62 bits per heavy atom. The predicted molar refractivity (Wildman–Crippen MR) is 96.5 cm³/mol. The maximum absolute atomic E-state index is 5.97. The van der Waals surface area contributed by atoms with Crippen molar-refractivity contribution in [1.82, 2.24) is 15.1 Å². The molecule has 2 saturated heterocycles. The van der Waals surface area contributed by atoms with Gasteiger partial charge in [-0.25, -0.2) is 0 Å². The van der Waals surface area contributed by atoms with Gasteiger partial charge in [-0.15, -0.1) is 0 Å². The summed E-state index contributed by atoms with van der Waals surface area (Å²) in [4.78, 5) is 9.67. The zero-order chi connectivity index (χ0) is 16.9. The molecule has 6 nitrogen and oxygen atoms in total. The van der Waals surface area contributed by atoms with Crippen molar-refractivity contribution in [2.24, 2.45) is 10.9 Å². The maximum atomic E-state index is 5.97. The van der Waals surface area contributed by atoms with Gasteiger partial charge in [0.05, 0.1) is 19.3 Å². The monoisotopic (exact) mass is 338 g/mol. The van der Waals surface area contributed by atoms with Crippen molar-refractivity contribution in [3.05, 3.63) is 0 Å². The lowest BCUT2D eigenvalue weighted by Crippen LogP contribution is -2.53. The second-order valence-electron chi connectivity index (χ2n) is 7.47. The van der Waals surface area contributed by atoms with Gasteiger partial charge in [0.1, 0.15) is 6.10 Å². The van der Waals surface area contributed by atoms with Gasteiger partial charge in [0, 0.05) is 32.3 Å². The van der Waals surface area contributed by atoms with E-state index in [1.807, 2.05) is 0 Å². The Labute approximate surface area is 146 Å². The molecule has 0 aromatic carbocycles. The molecule has 0 spiro atoms. The lowest BCUT2D eigenvalue weighted by atomic mass is 10.1. The van der Waals surface area contributed by atoms with Gasteiger partial charge in [-0.05, 0) is 52.6 Å². The molecule has 0 aromatic rings. The number of nitrogens with one attached hydrogen (secondary N) is 1. The van der Waals surface area contributed by atoms with E-state index in [2.05, 4.69) is 36.1 Å². The number of hydrogen-bond acceptors (Lipinski definition) is 4. The molecule has 0 radical (unpaired) electrons. The third-order valence-corrected chi connectivity index (χ3v) is 5.37. The lowest BCUT2D eigenvalue weighted by molar-refractivity contribution is -0.0817. The van der Waals surface area contributed by atoms with Gasteiger partial charge in [0.15, 0.2) is 5.96 Å². The first kappa shape index (κ1) is 18.0. The first-order valence-corrected chi connectivity index (χ1v) is 9.62. The van der Waals surface area contributed by atoms with Gasteiger partial charge in [-0.1, -0.05) is 0 Å². The first-order valence-electron chi connectivity index (χ1n) is 9.62. The summed E-state index contributed by atoms with van der Waals surface area (Å²) in [5.41, 5.74) is 0. The molecule has 1 N–H and O–H groups in total. The highest BCUT2D eigenvalue weighted by Gasteiger charge is 2.34. The van der Waals surface area contributed by atoms with Crippen LogP contribution in [0.15, 0.2) is 4.99 Å². The molecule has 3 aliphatic rings. The molecule has 3 atom stereocenters. The minimum absolute atomic E-state index is 0.179. The molecule has 3 fully saturated rings. The number of ether oxygens (including phenoxy) is 2. The third-order valence-electron chi connectivity index (χ3n) is 5.37. The molecule has 3 unspecified atom stereocenters. The van der Waals surface area contributed by atoms with Gasteiger partial charge < -0.3 is 24.6 Å². The van der Waals surface area contributed by atoms with Gasteiger partial charge in [-0.2, -0.15) is 0 Å². The van der Waals surface area contributed by atoms with E-state index in [1.165, 1.54) is 12.8 Å². The summed E-state index contributed by atoms with van der Waals surface area (Å²) in [6, 6.07) is 0.564. The summed E-state index contributed by atoms with van der Waals surface area (Å²) in [6.07, 6.45) is 5.43. The van der Waals surface area contributed by atoms with Crippen LogP contribution in [-0.2, 0) is 9.47 Å². The fourth-order valence-corrected chi connectivity index (χ4v) is 3.81. The maximum Gasteiger partial charge on any atom is 0.194 e. The SMILES string of the molecule is CCNC(=NCC(C1CC1)N(C)C)N1CCOC(C2CCCO2)C1. The Balaban J connectivity index is 1.61. The number of rotatable bonds is 6. The van der Waals surface area contributed by atoms with Crippen LogP contribution in [0.5, 0.6) is 0 Å². The molecule has 24 heavy (non-hydrogen) atoms. The molecular formula is C18H34N4O2. The van der Waals surface area contributed by atoms with Crippen molar-refractivity contribution in [1.29, 1.82) is 0 Å². The van der Waals surface area contributed by atoms with Gasteiger partial charge in [0.25, 0.3) is 0 Å². The van der Waals surface area contributed by atoms with Crippen LogP contribution >= 0.6 is 0 Å². The van der Waals surface area contributed by atoms with Crippen LogP contribution in [0.25, 0.3) is 0 Å². The Kier molecular flexibility index (Phi) is 6.36. The summed E-state index contributed by atoms with van der Waals surface area (Å²) in [5.74, 6) is 1.87. The largest absolute Gasteiger partial charge is 0.375 e. The van der Waals surface area contributed by atoms with E-state index in [-0.39, 0.29) is 12.2 Å². The van der Waals surface area contributed by atoms with E-state index in [0.29, 0.717) is 6.04 Å². The molecule has 0 bridgehead atoms. The minimum atomic E-state index is 0.179. The molecule has 1 saturated carbocycles. The first-order chi connectivity index (χ1) is 11.7. The van der Waals surface area contributed by atoms with E-state index in [0.717, 1.165) is 64.1 Å². The van der Waals surface area contributed by atoms with E-state index >= 15 is 0 Å². The average molecular weight is 338 g/mol. The standard InChI is InChI=1S/C18H34N4O2/c1-4-19-18(20-12-15(21(2)3)14-7-8-14)22-9-11-24-17(13-22)16-6-5-10-23-16/h14-17H,4-13H2,1-3H3,(H,19,20). The topological polar surface area (TPSA) is 49.3 Å². The average Bonchev–Trinajstić information content (AvgIpc) is 3.26. The normalized spacial score (nSPS) is 30.0. The smallest absolute Gasteiger partial charge is 0.194 e. The number of aliphatic imine (C=N–C) groups is 1. The minimum Gasteiger partial charge on any atom is -0.375 e. The third kappa shape index (κ3) is 4.61. The molecule has 0 aromatic heterocycles. The second-order valence-corrected chi connectivity index (χ2v) is 7.47. The summed E-state index contributed by atoms with van der Waals surface area (Å²) < 4.78 is 11.8. The van der Waals surface area contributed by atoms with Crippen LogP contribution in [0.3, 0.4) is 0 Å². The Bertz CT molecular complexity index is 417. The van der Waals surface area contributed by atoms with Gasteiger partial charge in [-0.3, -0.25) is 4.99 Å². The zero-order valence-electron chi connectivity index (χ0n) is 15.5. The summed E-state index contributed by atoms with van der Waals surface area (Å²) in [6.45, 7) is 7.34. The molecular weight excluding hydrogens is 304 g/mol. The van der Waals surface area contributed by atoms with Crippen LogP contribution in [-0.4, -0.2) is 87.5 Å². The van der Waals surface area contributed by atoms with Crippen LogP contribution in [0, 0.1) is 5.92 Å². The van der Waals surface area contributed by atoms with Crippen LogP contribution in [0.1, 0.15) is 32.6 Å². The van der Waals surface area contributed by atoms with E-state index in [4.69, 9.17) is 14.5 Å². The highest BCUT2D eigenvalue weighted by molar-refractivity contribution is 5.80. The quantitative estimate of drug-likeness (QED) is 0.582. The van der Waals surface area contributed by atoms with Gasteiger partial charge in [0.2, 0.25) is 0 Å². The Morgan fingerprint density at radius 2 is 2.00 bits per heavy atom. The van der Waals surface area contributed by atoms with E-state index in [9.17, 15) is 0 Å². The summed E-state index contributed by atoms with van der Waals surface area (Å²) in [5, 5.41) is 3.48. The van der Waals surface area contributed by atoms with Crippen molar-refractivity contribution in [3.8, 4) is 0 Å². The molecule has 2 heterocycles. The fraction of sp³-hybridized carbons (Fsp3) is 0.944. The summed E-state index contributed by atoms with van der Waals surface area (Å²) in [7, 11) is 4.35. The molecule has 1 aliphatic carbocycles. The number of hydrogen-bond donors (Lipinski definition) is 1. The highest BCUT2D eigenvalue weighted by Crippen LogP contribution is 2.34. The van der Waals surface area contributed by atoms with Crippen LogP contribution < -0.4 is 5.32 Å². The number of likely N-dealkylation sites (N-methyl/N-ethyl adjacent to an activating group) is 1. The molecule has 3 rings (SSSR count). The Morgan fingerprint density at radius 1 is 1.21 bits per heavy atom. The van der Waals surface area contributed by atoms with Crippen molar-refractivity contribution >= 4 is 5.96 Å². The van der Waals surface area contributed by atoms with Crippen LogP contribution in [0.4, 0.5) is 0 Å². The highest BCUT2D eigenvalue weighted by atomic mass is 16.5.